The molecule has 2 amide bonds. The van der Waals surface area contributed by atoms with Crippen molar-refractivity contribution in [3.05, 3.63) is 77.7 Å². The zero-order valence-corrected chi connectivity index (χ0v) is 23.0. The number of likely N-dealkylation sites (tertiary alicyclic amines) is 1. The zero-order valence-electron chi connectivity index (χ0n) is 23.0. The van der Waals surface area contributed by atoms with Crippen LogP contribution >= 0.6 is 0 Å². The second-order valence-corrected chi connectivity index (χ2v) is 10.6. The summed E-state index contributed by atoms with van der Waals surface area (Å²) >= 11 is 0. The number of rotatable bonds is 8. The second-order valence-electron chi connectivity index (χ2n) is 10.6. The fraction of sp³-hybridized carbons (Fsp3) is 0.379. The molecule has 12 heteroatoms. The number of aromatic nitrogens is 2. The number of hydrogen-bond donors (Lipinski definition) is 2. The molecule has 4 rings (SSSR count). The molecule has 0 spiro atoms. The van der Waals surface area contributed by atoms with Crippen molar-refractivity contribution in [2.45, 2.75) is 58.0 Å². The monoisotopic (exact) mass is 571 g/mol. The van der Waals surface area contributed by atoms with E-state index in [1.54, 1.807) is 45.3 Å². The van der Waals surface area contributed by atoms with E-state index in [0.29, 0.717) is 31.7 Å². The molecule has 1 fully saturated rings. The van der Waals surface area contributed by atoms with Crippen molar-refractivity contribution in [1.82, 2.24) is 14.9 Å². The van der Waals surface area contributed by atoms with Crippen LogP contribution in [0.1, 0.15) is 55.1 Å². The van der Waals surface area contributed by atoms with E-state index in [1.807, 2.05) is 12.1 Å². The van der Waals surface area contributed by atoms with Crippen LogP contribution in [0.15, 0.2) is 61.1 Å². The number of carbonyl (C=O) groups excluding carboxylic acids is 2. The van der Waals surface area contributed by atoms with Gasteiger partial charge in [0.1, 0.15) is 23.8 Å². The molecule has 1 aromatic carbocycles. The van der Waals surface area contributed by atoms with Gasteiger partial charge in [-0.05, 0) is 75.6 Å². The van der Waals surface area contributed by atoms with Gasteiger partial charge >= 0.3 is 12.3 Å². The van der Waals surface area contributed by atoms with E-state index in [9.17, 15) is 22.8 Å². The maximum Gasteiger partial charge on any atom is 0.419 e. The van der Waals surface area contributed by atoms with Crippen molar-refractivity contribution in [2.24, 2.45) is 0 Å². The van der Waals surface area contributed by atoms with Gasteiger partial charge in [0.15, 0.2) is 0 Å². The average Bonchev–Trinajstić information content (AvgIpc) is 3.39. The van der Waals surface area contributed by atoms with Gasteiger partial charge in [0.25, 0.3) is 5.91 Å². The molecular formula is C29H32F3N5O4. The van der Waals surface area contributed by atoms with Crippen LogP contribution in [-0.4, -0.2) is 51.7 Å². The standard InChI is InChI=1S/C29H32F3N5O4/c1-28(2,3)41-27(39)37-15-5-6-21(37)18-40-24-16-20(8-9-23(24)29(30,31)32)36-26(38)22-7-4-12-34-25(22)35-17-19-10-13-33-14-11-19/h4,7-14,16,21H,5-6,15,17-18H2,1-3H3,(H,34,35)(H,36,38). The number of anilines is 2. The average molecular weight is 572 g/mol. The number of pyridine rings is 2. The summed E-state index contributed by atoms with van der Waals surface area (Å²) in [6.07, 6.45) is 0.839. The lowest BCUT2D eigenvalue weighted by Crippen LogP contribution is -2.42. The van der Waals surface area contributed by atoms with Crippen molar-refractivity contribution in [1.29, 1.82) is 0 Å². The van der Waals surface area contributed by atoms with Gasteiger partial charge in [-0.2, -0.15) is 13.2 Å². The molecule has 1 saturated heterocycles. The molecule has 0 aliphatic carbocycles. The lowest BCUT2D eigenvalue weighted by atomic mass is 10.1. The second kappa shape index (κ2) is 12.4. The molecule has 9 nitrogen and oxygen atoms in total. The summed E-state index contributed by atoms with van der Waals surface area (Å²) in [5.74, 6) is -0.699. The lowest BCUT2D eigenvalue weighted by molar-refractivity contribution is -0.139. The van der Waals surface area contributed by atoms with E-state index in [0.717, 1.165) is 23.8 Å². The van der Waals surface area contributed by atoms with E-state index in [2.05, 4.69) is 20.6 Å². The van der Waals surface area contributed by atoms with Gasteiger partial charge in [0.05, 0.1) is 17.2 Å². The third-order valence-electron chi connectivity index (χ3n) is 6.24. The first-order valence-corrected chi connectivity index (χ1v) is 13.1. The Morgan fingerprint density at radius 3 is 2.54 bits per heavy atom. The van der Waals surface area contributed by atoms with Crippen molar-refractivity contribution >= 4 is 23.5 Å². The molecule has 218 valence electrons. The van der Waals surface area contributed by atoms with E-state index in [1.165, 1.54) is 11.1 Å². The first-order chi connectivity index (χ1) is 19.4. The predicted octanol–water partition coefficient (Wildman–Crippen LogP) is 6.14. The minimum atomic E-state index is -4.69. The van der Waals surface area contributed by atoms with Gasteiger partial charge in [0.2, 0.25) is 0 Å². The molecule has 2 aromatic heterocycles. The highest BCUT2D eigenvalue weighted by molar-refractivity contribution is 6.07. The minimum Gasteiger partial charge on any atom is -0.491 e. The molecule has 3 heterocycles. The van der Waals surface area contributed by atoms with Gasteiger partial charge < -0.3 is 25.0 Å². The molecule has 1 aliphatic rings. The fourth-order valence-corrected chi connectivity index (χ4v) is 4.32. The Morgan fingerprint density at radius 1 is 1.07 bits per heavy atom. The third kappa shape index (κ3) is 8.09. The molecule has 41 heavy (non-hydrogen) atoms. The van der Waals surface area contributed by atoms with Gasteiger partial charge in [-0.15, -0.1) is 0 Å². The van der Waals surface area contributed by atoms with E-state index in [4.69, 9.17) is 9.47 Å². The van der Waals surface area contributed by atoms with E-state index in [-0.39, 0.29) is 17.9 Å². The summed E-state index contributed by atoms with van der Waals surface area (Å²) in [5, 5.41) is 5.74. The lowest BCUT2D eigenvalue weighted by Gasteiger charge is -2.28. The maximum absolute atomic E-state index is 13.8. The van der Waals surface area contributed by atoms with Crippen LogP contribution in [0.3, 0.4) is 0 Å². The van der Waals surface area contributed by atoms with Crippen LogP contribution in [0.5, 0.6) is 5.75 Å². The molecule has 0 radical (unpaired) electrons. The van der Waals surface area contributed by atoms with Crippen LogP contribution in [0.4, 0.5) is 29.5 Å². The number of amides is 2. The number of benzene rings is 1. The van der Waals surface area contributed by atoms with E-state index >= 15 is 0 Å². The summed E-state index contributed by atoms with van der Waals surface area (Å²) in [6, 6.07) is 9.49. The van der Waals surface area contributed by atoms with Gasteiger partial charge in [-0.25, -0.2) is 9.78 Å². The van der Waals surface area contributed by atoms with Crippen molar-refractivity contribution < 1.29 is 32.2 Å². The summed E-state index contributed by atoms with van der Waals surface area (Å²) < 4.78 is 52.5. The quantitative estimate of drug-likeness (QED) is 0.335. The SMILES string of the molecule is CC(C)(C)OC(=O)N1CCCC1COc1cc(NC(=O)c2cccnc2NCc2ccncc2)ccc1C(F)(F)F. The molecule has 1 atom stereocenters. The number of nitrogens with one attached hydrogen (secondary N) is 2. The van der Waals surface area contributed by atoms with E-state index < -0.39 is 41.1 Å². The minimum absolute atomic E-state index is 0.109. The molecule has 0 saturated carbocycles. The summed E-state index contributed by atoms with van der Waals surface area (Å²) in [7, 11) is 0. The topological polar surface area (TPSA) is 106 Å². The van der Waals surface area contributed by atoms with Crippen LogP contribution in [-0.2, 0) is 17.5 Å². The van der Waals surface area contributed by atoms with Crippen molar-refractivity contribution in [2.75, 3.05) is 23.8 Å². The van der Waals surface area contributed by atoms with Crippen LogP contribution in [0, 0.1) is 0 Å². The number of nitrogens with zero attached hydrogens (tertiary/aromatic N) is 3. The molecular weight excluding hydrogens is 539 g/mol. The molecule has 0 bridgehead atoms. The molecule has 3 aromatic rings. The molecule has 1 unspecified atom stereocenters. The van der Waals surface area contributed by atoms with Crippen molar-refractivity contribution in [3.8, 4) is 5.75 Å². The number of ether oxygens (including phenoxy) is 2. The highest BCUT2D eigenvalue weighted by Crippen LogP contribution is 2.38. The Morgan fingerprint density at radius 2 is 1.83 bits per heavy atom. The highest BCUT2D eigenvalue weighted by atomic mass is 19.4. The Hall–Kier alpha value is -4.35. The largest absolute Gasteiger partial charge is 0.491 e. The number of halogens is 3. The zero-order chi connectivity index (χ0) is 29.6. The third-order valence-corrected chi connectivity index (χ3v) is 6.24. The Kier molecular flexibility index (Phi) is 8.99. The normalized spacial score (nSPS) is 15.4. The summed E-state index contributed by atoms with van der Waals surface area (Å²) in [4.78, 5) is 35.4. The van der Waals surface area contributed by atoms with Gasteiger partial charge in [-0.1, -0.05) is 0 Å². The Labute approximate surface area is 236 Å². The maximum atomic E-state index is 13.8. The summed E-state index contributed by atoms with van der Waals surface area (Å²) in [6.45, 7) is 5.88. The fourth-order valence-electron chi connectivity index (χ4n) is 4.32. The van der Waals surface area contributed by atoms with Gasteiger partial charge in [0, 0.05) is 43.4 Å². The number of hydrogen-bond acceptors (Lipinski definition) is 7. The van der Waals surface area contributed by atoms with Crippen LogP contribution < -0.4 is 15.4 Å². The molecule has 2 N–H and O–H groups in total. The first kappa shape index (κ1) is 29.6. The smallest absolute Gasteiger partial charge is 0.419 e. The van der Waals surface area contributed by atoms with Crippen molar-refractivity contribution in [3.63, 3.8) is 0 Å². The van der Waals surface area contributed by atoms with Gasteiger partial charge in [-0.3, -0.25) is 9.78 Å². The summed E-state index contributed by atoms with van der Waals surface area (Å²) in [5.41, 5.74) is -0.447. The van der Waals surface area contributed by atoms with Crippen LogP contribution in [0.25, 0.3) is 0 Å². The number of alkyl halides is 3. The first-order valence-electron chi connectivity index (χ1n) is 13.1. The number of carbonyl (C=O) groups is 2. The Balaban J connectivity index is 1.48. The Bertz CT molecular complexity index is 1360. The predicted molar refractivity (Wildman–Crippen MR) is 147 cm³/mol. The highest BCUT2D eigenvalue weighted by Gasteiger charge is 2.36. The molecule has 1 aliphatic heterocycles. The van der Waals surface area contributed by atoms with Crippen LogP contribution in [0.2, 0.25) is 0 Å².